The van der Waals surface area contributed by atoms with Gasteiger partial charge < -0.3 is 14.8 Å². The molecule has 0 saturated heterocycles. The van der Waals surface area contributed by atoms with E-state index in [1.165, 1.54) is 19.2 Å². The minimum Gasteiger partial charge on any atom is -0.495 e. The zero-order valence-electron chi connectivity index (χ0n) is 17.4. The summed E-state index contributed by atoms with van der Waals surface area (Å²) in [5.74, 6) is -0.247. The van der Waals surface area contributed by atoms with E-state index in [4.69, 9.17) is 32.7 Å². The van der Waals surface area contributed by atoms with Crippen molar-refractivity contribution in [1.29, 1.82) is 0 Å². The summed E-state index contributed by atoms with van der Waals surface area (Å²) in [5, 5.41) is 15.3. The Morgan fingerprint density at radius 1 is 1.12 bits per heavy atom. The van der Waals surface area contributed by atoms with Crippen molar-refractivity contribution in [3.63, 3.8) is 0 Å². The van der Waals surface area contributed by atoms with Crippen LogP contribution in [0.3, 0.4) is 0 Å². The van der Waals surface area contributed by atoms with Gasteiger partial charge in [-0.25, -0.2) is 9.97 Å². The van der Waals surface area contributed by atoms with E-state index in [1.807, 2.05) is 13.0 Å². The minimum absolute atomic E-state index is 0.0974. The Morgan fingerprint density at radius 3 is 2.55 bits per heavy atom. The van der Waals surface area contributed by atoms with Gasteiger partial charge in [0.15, 0.2) is 6.61 Å². The van der Waals surface area contributed by atoms with E-state index in [9.17, 15) is 14.9 Å². The molecule has 33 heavy (non-hydrogen) atoms. The number of benzene rings is 2. The van der Waals surface area contributed by atoms with Crippen LogP contribution in [-0.4, -0.2) is 34.5 Å². The predicted octanol–water partition coefficient (Wildman–Crippen LogP) is 4.27. The Bertz CT molecular complexity index is 1190. The number of hydrogen-bond acceptors (Lipinski definition) is 9. The second kappa shape index (κ2) is 10.7. The molecule has 0 aliphatic carbocycles. The number of hydrazine groups is 1. The SMILES string of the molecule is COc1ccc(C)cc1Nc1ncnc(NNC(=O)COc2ccc(Cl)cc2Cl)c1[N+](=O)[O-]. The highest BCUT2D eigenvalue weighted by Crippen LogP contribution is 2.34. The highest BCUT2D eigenvalue weighted by atomic mass is 35.5. The number of nitrogens with one attached hydrogen (secondary N) is 3. The fraction of sp³-hybridized carbons (Fsp3) is 0.150. The number of nitro groups is 1. The number of halogens is 2. The average molecular weight is 493 g/mol. The summed E-state index contributed by atoms with van der Waals surface area (Å²) in [7, 11) is 1.48. The van der Waals surface area contributed by atoms with Gasteiger partial charge in [-0.15, -0.1) is 0 Å². The van der Waals surface area contributed by atoms with Gasteiger partial charge >= 0.3 is 5.69 Å². The number of ether oxygens (including phenoxy) is 2. The highest BCUT2D eigenvalue weighted by Gasteiger charge is 2.24. The number of nitrogens with zero attached hydrogens (tertiary/aromatic N) is 3. The van der Waals surface area contributed by atoms with E-state index < -0.39 is 23.1 Å². The predicted molar refractivity (Wildman–Crippen MR) is 123 cm³/mol. The van der Waals surface area contributed by atoms with Crippen LogP contribution >= 0.6 is 23.2 Å². The minimum atomic E-state index is -0.678. The number of hydrogen-bond donors (Lipinski definition) is 3. The first-order chi connectivity index (χ1) is 15.8. The number of methoxy groups -OCH3 is 1. The Balaban J connectivity index is 1.72. The number of carbonyl (C=O) groups excluding carboxylic acids is 1. The lowest BCUT2D eigenvalue weighted by atomic mass is 10.2. The lowest BCUT2D eigenvalue weighted by molar-refractivity contribution is -0.383. The molecule has 3 aromatic rings. The molecule has 1 aromatic heterocycles. The molecule has 1 heterocycles. The average Bonchev–Trinajstić information content (AvgIpc) is 2.77. The van der Waals surface area contributed by atoms with E-state index >= 15 is 0 Å². The van der Waals surface area contributed by atoms with Crippen molar-refractivity contribution in [1.82, 2.24) is 15.4 Å². The first-order valence-corrected chi connectivity index (χ1v) is 10.1. The zero-order chi connectivity index (χ0) is 24.0. The molecule has 172 valence electrons. The second-order valence-electron chi connectivity index (χ2n) is 6.54. The maximum Gasteiger partial charge on any atom is 0.355 e. The summed E-state index contributed by atoms with van der Waals surface area (Å²) in [5.41, 5.74) is 5.61. The van der Waals surface area contributed by atoms with Gasteiger partial charge in [0.25, 0.3) is 5.91 Å². The molecule has 13 heteroatoms. The molecular weight excluding hydrogens is 475 g/mol. The van der Waals surface area contributed by atoms with Crippen LogP contribution in [0, 0.1) is 17.0 Å². The largest absolute Gasteiger partial charge is 0.495 e. The molecule has 2 aromatic carbocycles. The fourth-order valence-electron chi connectivity index (χ4n) is 2.68. The van der Waals surface area contributed by atoms with Gasteiger partial charge in [0.2, 0.25) is 11.6 Å². The van der Waals surface area contributed by atoms with E-state index in [-0.39, 0.29) is 22.4 Å². The number of aryl methyl sites for hydroxylation is 1. The number of aromatic nitrogens is 2. The number of rotatable bonds is 9. The number of amides is 1. The Kier molecular flexibility index (Phi) is 7.70. The van der Waals surface area contributed by atoms with Crippen molar-refractivity contribution in [2.24, 2.45) is 0 Å². The van der Waals surface area contributed by atoms with E-state index in [2.05, 4.69) is 26.1 Å². The molecule has 0 fully saturated rings. The Hall–Kier alpha value is -3.83. The summed E-state index contributed by atoms with van der Waals surface area (Å²) in [6, 6.07) is 9.84. The first kappa shape index (κ1) is 23.8. The third-order valence-corrected chi connectivity index (χ3v) is 4.72. The van der Waals surface area contributed by atoms with Crippen LogP contribution in [-0.2, 0) is 4.79 Å². The lowest BCUT2D eigenvalue weighted by Gasteiger charge is -2.13. The van der Waals surface area contributed by atoms with Crippen molar-refractivity contribution < 1.29 is 19.2 Å². The monoisotopic (exact) mass is 492 g/mol. The molecule has 1 amide bonds. The molecule has 0 spiro atoms. The molecule has 0 aliphatic rings. The van der Waals surface area contributed by atoms with Gasteiger partial charge in [-0.3, -0.25) is 25.8 Å². The van der Waals surface area contributed by atoms with Crippen LogP contribution in [0.25, 0.3) is 0 Å². The molecule has 0 bridgehead atoms. The number of carbonyl (C=O) groups is 1. The Morgan fingerprint density at radius 2 is 1.85 bits per heavy atom. The van der Waals surface area contributed by atoms with Gasteiger partial charge in [0.1, 0.15) is 17.8 Å². The summed E-state index contributed by atoms with van der Waals surface area (Å²) in [6.45, 7) is 1.44. The van der Waals surface area contributed by atoms with Crippen molar-refractivity contribution in [2.75, 3.05) is 24.5 Å². The molecule has 0 aliphatic heterocycles. The molecule has 0 unspecified atom stereocenters. The third-order valence-electron chi connectivity index (χ3n) is 4.19. The van der Waals surface area contributed by atoms with E-state index in [0.29, 0.717) is 16.5 Å². The van der Waals surface area contributed by atoms with E-state index in [1.54, 1.807) is 18.2 Å². The summed E-state index contributed by atoms with van der Waals surface area (Å²) >= 11 is 11.8. The Labute approximate surface area is 198 Å². The third kappa shape index (κ3) is 6.11. The highest BCUT2D eigenvalue weighted by molar-refractivity contribution is 6.35. The van der Waals surface area contributed by atoms with Crippen molar-refractivity contribution in [3.8, 4) is 11.5 Å². The topological polar surface area (TPSA) is 141 Å². The lowest BCUT2D eigenvalue weighted by Crippen LogP contribution is -2.34. The van der Waals surface area contributed by atoms with Crippen LogP contribution in [0.1, 0.15) is 5.56 Å². The van der Waals surface area contributed by atoms with Crippen LogP contribution in [0.2, 0.25) is 10.0 Å². The van der Waals surface area contributed by atoms with Crippen molar-refractivity contribution in [3.05, 3.63) is 68.4 Å². The molecule has 0 radical (unpaired) electrons. The van der Waals surface area contributed by atoms with Gasteiger partial charge in [-0.1, -0.05) is 29.3 Å². The van der Waals surface area contributed by atoms with Gasteiger partial charge in [0.05, 0.1) is 22.7 Å². The van der Waals surface area contributed by atoms with Crippen LogP contribution < -0.4 is 25.6 Å². The van der Waals surface area contributed by atoms with Gasteiger partial charge in [0, 0.05) is 5.02 Å². The van der Waals surface area contributed by atoms with Crippen LogP contribution in [0.4, 0.5) is 23.0 Å². The molecular formula is C20H18Cl2N6O5. The smallest absolute Gasteiger partial charge is 0.355 e. The molecule has 11 nitrogen and oxygen atoms in total. The summed E-state index contributed by atoms with van der Waals surface area (Å²) in [6.07, 6.45) is 1.11. The molecule has 0 atom stereocenters. The van der Waals surface area contributed by atoms with Gasteiger partial charge in [-0.05, 0) is 42.8 Å². The summed E-state index contributed by atoms with van der Waals surface area (Å²) < 4.78 is 10.6. The van der Waals surface area contributed by atoms with Gasteiger partial charge in [-0.2, -0.15) is 0 Å². The first-order valence-electron chi connectivity index (χ1n) is 9.32. The molecule has 0 saturated carbocycles. The van der Waals surface area contributed by atoms with Crippen LogP contribution in [0.5, 0.6) is 11.5 Å². The molecule has 3 N–H and O–H groups in total. The van der Waals surface area contributed by atoms with Crippen LogP contribution in [0.15, 0.2) is 42.7 Å². The van der Waals surface area contributed by atoms with Crippen molar-refractivity contribution in [2.45, 2.75) is 6.92 Å². The second-order valence-corrected chi connectivity index (χ2v) is 7.39. The maximum absolute atomic E-state index is 12.1. The maximum atomic E-state index is 12.1. The van der Waals surface area contributed by atoms with Crippen molar-refractivity contribution >= 4 is 52.1 Å². The summed E-state index contributed by atoms with van der Waals surface area (Å²) in [4.78, 5) is 31.0. The zero-order valence-corrected chi connectivity index (χ0v) is 18.9. The normalized spacial score (nSPS) is 10.3. The number of anilines is 3. The quantitative estimate of drug-likeness (QED) is 0.294. The fourth-order valence-corrected chi connectivity index (χ4v) is 3.15. The molecule has 3 rings (SSSR count). The standard InChI is InChI=1S/C20H18Cl2N6O5/c1-11-3-5-16(32-2)14(7-11)25-19-18(28(30)31)20(24-10-23-19)27-26-17(29)9-33-15-6-4-12(21)8-13(15)22/h3-8,10H,9H2,1-2H3,(H,26,29)(H2,23,24,25,27). The van der Waals surface area contributed by atoms with E-state index in [0.717, 1.165) is 11.9 Å².